The highest BCUT2D eigenvalue weighted by atomic mass is 35.5. The molecule has 1 aromatic heterocycles. The predicted molar refractivity (Wildman–Crippen MR) is 115 cm³/mol. The van der Waals surface area contributed by atoms with Crippen molar-refractivity contribution in [3.05, 3.63) is 74.4 Å². The standard InChI is InChI=1S/C19H16Cl2N2O3S2/c1-2-17-7-12(11-27-17)19(24)22-15-3-5-18(6-4-15)28(25,26)23-16-9-13(20)8-14(21)10-16/h3-11,23H,2H2,1H3,(H,22,24). The Bertz CT molecular complexity index is 1090. The number of hydrogen-bond donors (Lipinski definition) is 2. The fourth-order valence-corrected chi connectivity index (χ4v) is 4.81. The number of nitrogens with one attached hydrogen (secondary N) is 2. The van der Waals surface area contributed by atoms with Crippen molar-refractivity contribution in [2.75, 3.05) is 10.0 Å². The first kappa shape index (κ1) is 20.7. The van der Waals surface area contributed by atoms with Gasteiger partial charge in [-0.1, -0.05) is 30.1 Å². The topological polar surface area (TPSA) is 75.3 Å². The van der Waals surface area contributed by atoms with Gasteiger partial charge in [-0.2, -0.15) is 0 Å². The van der Waals surface area contributed by atoms with Gasteiger partial charge in [0.25, 0.3) is 15.9 Å². The Kier molecular flexibility index (Phi) is 6.30. The molecule has 0 radical (unpaired) electrons. The Morgan fingerprint density at radius 2 is 1.64 bits per heavy atom. The molecule has 1 heterocycles. The van der Waals surface area contributed by atoms with Crippen molar-refractivity contribution in [1.82, 2.24) is 0 Å². The summed E-state index contributed by atoms with van der Waals surface area (Å²) in [6.07, 6.45) is 0.870. The molecule has 0 saturated carbocycles. The van der Waals surface area contributed by atoms with E-state index in [1.54, 1.807) is 5.38 Å². The van der Waals surface area contributed by atoms with Crippen molar-refractivity contribution in [3.8, 4) is 0 Å². The summed E-state index contributed by atoms with van der Waals surface area (Å²) in [5, 5.41) is 5.20. The molecule has 0 unspecified atom stereocenters. The van der Waals surface area contributed by atoms with E-state index in [2.05, 4.69) is 10.0 Å². The number of carbonyl (C=O) groups excluding carboxylic acids is 1. The zero-order valence-corrected chi connectivity index (χ0v) is 17.8. The molecule has 0 bridgehead atoms. The predicted octanol–water partition coefficient (Wildman–Crippen LogP) is 5.67. The van der Waals surface area contributed by atoms with Crippen LogP contribution in [0.25, 0.3) is 0 Å². The number of aryl methyl sites for hydroxylation is 1. The van der Waals surface area contributed by atoms with E-state index in [1.807, 2.05) is 13.0 Å². The average Bonchev–Trinajstić information content (AvgIpc) is 3.10. The second-order valence-electron chi connectivity index (χ2n) is 5.90. The summed E-state index contributed by atoms with van der Waals surface area (Å²) < 4.78 is 27.5. The number of anilines is 2. The molecule has 9 heteroatoms. The van der Waals surface area contributed by atoms with E-state index < -0.39 is 10.0 Å². The van der Waals surface area contributed by atoms with Crippen LogP contribution in [0.3, 0.4) is 0 Å². The minimum absolute atomic E-state index is 0.0467. The van der Waals surface area contributed by atoms with Crippen molar-refractivity contribution in [2.45, 2.75) is 18.2 Å². The zero-order valence-electron chi connectivity index (χ0n) is 14.7. The molecule has 28 heavy (non-hydrogen) atoms. The molecule has 2 aromatic carbocycles. The molecule has 2 N–H and O–H groups in total. The lowest BCUT2D eigenvalue weighted by Gasteiger charge is -2.10. The molecule has 0 atom stereocenters. The van der Waals surface area contributed by atoms with Gasteiger partial charge in [-0.25, -0.2) is 8.42 Å². The van der Waals surface area contributed by atoms with E-state index in [0.29, 0.717) is 21.3 Å². The van der Waals surface area contributed by atoms with Gasteiger partial charge in [-0.3, -0.25) is 9.52 Å². The molecule has 0 aliphatic carbocycles. The Hall–Kier alpha value is -2.06. The van der Waals surface area contributed by atoms with Crippen molar-refractivity contribution in [2.24, 2.45) is 0 Å². The van der Waals surface area contributed by atoms with Crippen molar-refractivity contribution >= 4 is 61.8 Å². The maximum Gasteiger partial charge on any atom is 0.261 e. The molecule has 5 nitrogen and oxygen atoms in total. The Morgan fingerprint density at radius 1 is 1.00 bits per heavy atom. The minimum atomic E-state index is -3.82. The third-order valence-corrected chi connectivity index (χ3v) is 6.72. The first-order valence-corrected chi connectivity index (χ1v) is 11.4. The maximum absolute atomic E-state index is 12.5. The lowest BCUT2D eigenvalue weighted by molar-refractivity contribution is 0.102. The third kappa shape index (κ3) is 5.05. The van der Waals surface area contributed by atoms with Gasteiger partial charge in [-0.15, -0.1) is 11.3 Å². The Balaban J connectivity index is 1.73. The van der Waals surface area contributed by atoms with Gasteiger partial charge in [0.1, 0.15) is 0 Å². The van der Waals surface area contributed by atoms with Crippen LogP contribution in [0, 0.1) is 0 Å². The third-order valence-electron chi connectivity index (χ3n) is 3.80. The van der Waals surface area contributed by atoms with E-state index in [9.17, 15) is 13.2 Å². The number of thiophene rings is 1. The van der Waals surface area contributed by atoms with Gasteiger partial charge in [0.2, 0.25) is 0 Å². The second-order valence-corrected chi connectivity index (χ2v) is 9.45. The summed E-state index contributed by atoms with van der Waals surface area (Å²) in [5.74, 6) is -0.238. The van der Waals surface area contributed by atoms with Crippen LogP contribution in [0.15, 0.2) is 58.8 Å². The Morgan fingerprint density at radius 3 is 2.21 bits per heavy atom. The van der Waals surface area contributed by atoms with Gasteiger partial charge in [0.15, 0.2) is 0 Å². The van der Waals surface area contributed by atoms with Crippen molar-refractivity contribution < 1.29 is 13.2 Å². The smallest absolute Gasteiger partial charge is 0.261 e. The van der Waals surface area contributed by atoms with E-state index in [1.165, 1.54) is 53.8 Å². The van der Waals surface area contributed by atoms with Crippen LogP contribution in [0.2, 0.25) is 10.0 Å². The number of hydrogen-bond acceptors (Lipinski definition) is 4. The largest absolute Gasteiger partial charge is 0.322 e. The van der Waals surface area contributed by atoms with Crippen LogP contribution >= 0.6 is 34.5 Å². The summed E-state index contributed by atoms with van der Waals surface area (Å²) in [7, 11) is -3.82. The van der Waals surface area contributed by atoms with E-state index in [-0.39, 0.29) is 16.5 Å². The second kappa shape index (κ2) is 8.53. The normalized spacial score (nSPS) is 11.2. The SMILES string of the molecule is CCc1cc(C(=O)Nc2ccc(S(=O)(=O)Nc3cc(Cl)cc(Cl)c3)cc2)cs1. The number of rotatable bonds is 6. The lowest BCUT2D eigenvalue weighted by Crippen LogP contribution is -2.14. The molecule has 146 valence electrons. The molecular formula is C19H16Cl2N2O3S2. The van der Waals surface area contributed by atoms with E-state index in [0.717, 1.165) is 11.3 Å². The number of halogens is 2. The fraction of sp³-hybridized carbons (Fsp3) is 0.105. The van der Waals surface area contributed by atoms with Crippen LogP contribution in [-0.2, 0) is 16.4 Å². The monoisotopic (exact) mass is 454 g/mol. The average molecular weight is 455 g/mol. The number of benzene rings is 2. The van der Waals surface area contributed by atoms with Gasteiger partial charge in [0, 0.05) is 26.0 Å². The van der Waals surface area contributed by atoms with Crippen molar-refractivity contribution in [3.63, 3.8) is 0 Å². The highest BCUT2D eigenvalue weighted by Crippen LogP contribution is 2.25. The zero-order chi connectivity index (χ0) is 20.3. The number of sulfonamides is 1. The summed E-state index contributed by atoms with van der Waals surface area (Å²) in [4.78, 5) is 13.4. The molecule has 3 aromatic rings. The van der Waals surface area contributed by atoms with Crippen LogP contribution in [-0.4, -0.2) is 14.3 Å². The van der Waals surface area contributed by atoms with Crippen LogP contribution < -0.4 is 10.0 Å². The maximum atomic E-state index is 12.5. The number of amides is 1. The van der Waals surface area contributed by atoms with Gasteiger partial charge < -0.3 is 5.32 Å². The van der Waals surface area contributed by atoms with Crippen molar-refractivity contribution in [1.29, 1.82) is 0 Å². The highest BCUT2D eigenvalue weighted by Gasteiger charge is 2.15. The van der Waals surface area contributed by atoms with Gasteiger partial charge in [-0.05, 0) is 55.0 Å². The molecule has 0 fully saturated rings. The molecule has 1 amide bonds. The van der Waals surface area contributed by atoms with Crippen LogP contribution in [0.5, 0.6) is 0 Å². The van der Waals surface area contributed by atoms with Crippen LogP contribution in [0.1, 0.15) is 22.2 Å². The molecule has 0 aliphatic rings. The fourth-order valence-electron chi connectivity index (χ4n) is 2.43. The molecule has 0 spiro atoms. The minimum Gasteiger partial charge on any atom is -0.322 e. The molecule has 3 rings (SSSR count). The van der Waals surface area contributed by atoms with E-state index >= 15 is 0 Å². The number of carbonyl (C=O) groups is 1. The van der Waals surface area contributed by atoms with Gasteiger partial charge >= 0.3 is 0 Å². The first-order chi connectivity index (χ1) is 13.3. The highest BCUT2D eigenvalue weighted by molar-refractivity contribution is 7.92. The van der Waals surface area contributed by atoms with Crippen LogP contribution in [0.4, 0.5) is 11.4 Å². The molecule has 0 aliphatic heterocycles. The molecule has 0 saturated heterocycles. The summed E-state index contributed by atoms with van der Waals surface area (Å²) >= 11 is 13.3. The summed E-state index contributed by atoms with van der Waals surface area (Å²) in [6.45, 7) is 2.03. The summed E-state index contributed by atoms with van der Waals surface area (Å²) in [6, 6.07) is 12.2. The van der Waals surface area contributed by atoms with Gasteiger partial charge in [0.05, 0.1) is 16.1 Å². The first-order valence-electron chi connectivity index (χ1n) is 8.24. The summed E-state index contributed by atoms with van der Waals surface area (Å²) in [5.41, 5.74) is 1.34. The quantitative estimate of drug-likeness (QED) is 0.503. The molecular weight excluding hydrogens is 439 g/mol. The Labute approximate surface area is 177 Å². The van der Waals surface area contributed by atoms with E-state index in [4.69, 9.17) is 23.2 Å². The lowest BCUT2D eigenvalue weighted by atomic mass is 10.2.